The summed E-state index contributed by atoms with van der Waals surface area (Å²) in [5, 5.41) is 0. The van der Waals surface area contributed by atoms with E-state index in [1.165, 1.54) is 71.2 Å². The lowest BCUT2D eigenvalue weighted by atomic mass is 9.66. The first-order valence-electron chi connectivity index (χ1n) is 11.5. The van der Waals surface area contributed by atoms with Crippen LogP contribution in [0.4, 0.5) is 0 Å². The molecule has 0 aliphatic carbocycles. The fraction of sp³-hybridized carbons (Fsp3) is 1.00. The van der Waals surface area contributed by atoms with Crippen molar-refractivity contribution in [3.05, 3.63) is 0 Å². The molecule has 2 fully saturated rings. The maximum atomic E-state index is 2.82. The van der Waals surface area contributed by atoms with E-state index in [-0.39, 0.29) is 0 Å². The molecule has 154 valence electrons. The number of rotatable bonds is 7. The van der Waals surface area contributed by atoms with Crippen LogP contribution in [-0.4, -0.2) is 48.1 Å². The zero-order chi connectivity index (χ0) is 19.6. The van der Waals surface area contributed by atoms with Crippen LogP contribution in [0.15, 0.2) is 0 Å². The average molecular weight is 365 g/mol. The summed E-state index contributed by atoms with van der Waals surface area (Å²) in [6, 6.07) is 0. The molecule has 26 heavy (non-hydrogen) atoms. The molecule has 2 heterocycles. The fourth-order valence-electron chi connectivity index (χ4n) is 5.96. The highest BCUT2D eigenvalue weighted by Gasteiger charge is 2.41. The van der Waals surface area contributed by atoms with Crippen molar-refractivity contribution in [2.75, 3.05) is 32.7 Å². The molecule has 0 aromatic carbocycles. The van der Waals surface area contributed by atoms with Gasteiger partial charge < -0.3 is 4.90 Å². The first-order valence-corrected chi connectivity index (χ1v) is 11.5. The van der Waals surface area contributed by atoms with E-state index in [9.17, 15) is 0 Å². The Morgan fingerprint density at radius 1 is 0.692 bits per heavy atom. The highest BCUT2D eigenvalue weighted by Crippen LogP contribution is 2.44. The van der Waals surface area contributed by atoms with Gasteiger partial charge in [0.1, 0.15) is 0 Å². The summed E-state index contributed by atoms with van der Waals surface area (Å²) in [5.41, 5.74) is 1.29. The third-order valence-corrected chi connectivity index (χ3v) is 8.40. The summed E-state index contributed by atoms with van der Waals surface area (Å²) in [7, 11) is 0. The van der Waals surface area contributed by atoms with Crippen LogP contribution in [0.3, 0.4) is 0 Å². The molecule has 0 spiro atoms. The van der Waals surface area contributed by atoms with Crippen molar-refractivity contribution in [2.45, 2.75) is 99.5 Å². The highest BCUT2D eigenvalue weighted by atomic mass is 15.2. The molecule has 0 amide bonds. The molecule has 0 aromatic heterocycles. The Morgan fingerprint density at radius 2 is 1.15 bits per heavy atom. The molecule has 2 aliphatic rings. The molecule has 0 N–H and O–H groups in total. The van der Waals surface area contributed by atoms with Gasteiger partial charge in [-0.3, -0.25) is 4.90 Å². The Morgan fingerprint density at radius 3 is 1.62 bits per heavy atom. The van der Waals surface area contributed by atoms with Gasteiger partial charge in [0.25, 0.3) is 0 Å². The van der Waals surface area contributed by atoms with Gasteiger partial charge in [0.2, 0.25) is 0 Å². The van der Waals surface area contributed by atoms with E-state index in [0.29, 0.717) is 16.4 Å². The predicted octanol–water partition coefficient (Wildman–Crippen LogP) is 6.06. The molecular formula is C24H48N2. The zero-order valence-electron chi connectivity index (χ0n) is 19.3. The van der Waals surface area contributed by atoms with Crippen LogP contribution in [0.1, 0.15) is 93.9 Å². The maximum absolute atomic E-state index is 2.82. The summed E-state index contributed by atoms with van der Waals surface area (Å²) in [6.45, 7) is 26.2. The Kier molecular flexibility index (Phi) is 7.27. The zero-order valence-corrected chi connectivity index (χ0v) is 19.3. The fourth-order valence-corrected chi connectivity index (χ4v) is 5.96. The van der Waals surface area contributed by atoms with Crippen LogP contribution in [0, 0.1) is 22.7 Å². The molecule has 2 nitrogen and oxygen atoms in total. The Hall–Kier alpha value is -0.0800. The summed E-state index contributed by atoms with van der Waals surface area (Å²) < 4.78 is 0. The van der Waals surface area contributed by atoms with Crippen molar-refractivity contribution >= 4 is 0 Å². The quantitative estimate of drug-likeness (QED) is 0.541. The van der Waals surface area contributed by atoms with Crippen molar-refractivity contribution in [3.63, 3.8) is 0 Å². The van der Waals surface area contributed by atoms with Gasteiger partial charge in [-0.05, 0) is 101 Å². The smallest absolute Gasteiger partial charge is 0.0158 e. The van der Waals surface area contributed by atoms with Crippen LogP contribution in [0.25, 0.3) is 0 Å². The molecule has 0 unspecified atom stereocenters. The minimum Gasteiger partial charge on any atom is -0.304 e. The summed E-state index contributed by atoms with van der Waals surface area (Å²) in [6.07, 6.45) is 8.20. The van der Waals surface area contributed by atoms with Gasteiger partial charge >= 0.3 is 0 Å². The van der Waals surface area contributed by atoms with Crippen LogP contribution < -0.4 is 0 Å². The van der Waals surface area contributed by atoms with E-state index in [0.717, 1.165) is 11.8 Å². The second-order valence-electron chi connectivity index (χ2n) is 11.3. The number of nitrogens with zero attached hydrogens (tertiary/aromatic N) is 2. The minimum absolute atomic E-state index is 0.326. The van der Waals surface area contributed by atoms with E-state index in [2.05, 4.69) is 65.2 Å². The lowest BCUT2D eigenvalue weighted by molar-refractivity contribution is -0.00532. The first kappa shape index (κ1) is 22.2. The molecule has 0 radical (unpaired) electrons. The largest absolute Gasteiger partial charge is 0.304 e. The molecular weight excluding hydrogens is 316 g/mol. The van der Waals surface area contributed by atoms with Gasteiger partial charge in [0, 0.05) is 5.54 Å². The summed E-state index contributed by atoms with van der Waals surface area (Å²) in [5.74, 6) is 1.80. The number of hydrogen-bond acceptors (Lipinski definition) is 2. The second-order valence-corrected chi connectivity index (χ2v) is 11.3. The van der Waals surface area contributed by atoms with Crippen LogP contribution in [-0.2, 0) is 0 Å². The first-order chi connectivity index (χ1) is 12.0. The van der Waals surface area contributed by atoms with Crippen molar-refractivity contribution in [1.29, 1.82) is 0 Å². The average Bonchev–Trinajstić information content (AvgIpc) is 2.61. The molecule has 0 saturated carbocycles. The van der Waals surface area contributed by atoms with Crippen LogP contribution in [0.2, 0.25) is 0 Å². The SMILES string of the molecule is CCN1CCC(C(C)(C)CC(C)(C)N2CCC(C(C)(C)CC)CC2)CC1. The normalized spacial score (nSPS) is 23.5. The molecule has 0 bridgehead atoms. The second kappa shape index (κ2) is 8.52. The van der Waals surface area contributed by atoms with Crippen LogP contribution >= 0.6 is 0 Å². The molecule has 2 heteroatoms. The topological polar surface area (TPSA) is 6.48 Å². The van der Waals surface area contributed by atoms with Crippen molar-refractivity contribution in [3.8, 4) is 0 Å². The Balaban J connectivity index is 1.91. The van der Waals surface area contributed by atoms with Crippen molar-refractivity contribution in [1.82, 2.24) is 9.80 Å². The number of hydrogen-bond donors (Lipinski definition) is 0. The van der Waals surface area contributed by atoms with E-state index in [1.807, 2.05) is 0 Å². The number of piperidine rings is 2. The third-order valence-electron chi connectivity index (χ3n) is 8.40. The summed E-state index contributed by atoms with van der Waals surface area (Å²) in [4.78, 5) is 5.44. The minimum atomic E-state index is 0.326. The van der Waals surface area contributed by atoms with E-state index in [1.54, 1.807) is 0 Å². The lowest BCUT2D eigenvalue weighted by Crippen LogP contribution is -2.52. The standard InChI is InChI=1S/C24H48N2/c1-9-22(3,4)20-13-17-26(18-14-20)24(7,8)19-23(5,6)21-11-15-25(10-2)16-12-21/h20-21H,9-19H2,1-8H3. The van der Waals surface area contributed by atoms with Gasteiger partial charge in [-0.1, -0.05) is 48.0 Å². The van der Waals surface area contributed by atoms with Gasteiger partial charge in [-0.2, -0.15) is 0 Å². The predicted molar refractivity (Wildman–Crippen MR) is 116 cm³/mol. The van der Waals surface area contributed by atoms with Gasteiger partial charge in [0.05, 0.1) is 0 Å². The molecule has 0 aromatic rings. The highest BCUT2D eigenvalue weighted by molar-refractivity contribution is 4.94. The molecule has 0 atom stereocenters. The number of likely N-dealkylation sites (tertiary alicyclic amines) is 2. The third kappa shape index (κ3) is 5.25. The molecule has 2 aliphatic heterocycles. The Bertz CT molecular complexity index is 421. The van der Waals surface area contributed by atoms with E-state index >= 15 is 0 Å². The van der Waals surface area contributed by atoms with Crippen molar-refractivity contribution < 1.29 is 0 Å². The van der Waals surface area contributed by atoms with E-state index in [4.69, 9.17) is 0 Å². The van der Waals surface area contributed by atoms with Gasteiger partial charge in [-0.15, -0.1) is 0 Å². The molecule has 2 rings (SSSR count). The van der Waals surface area contributed by atoms with Crippen LogP contribution in [0.5, 0.6) is 0 Å². The molecule has 2 saturated heterocycles. The van der Waals surface area contributed by atoms with Crippen molar-refractivity contribution in [2.24, 2.45) is 22.7 Å². The van der Waals surface area contributed by atoms with Gasteiger partial charge in [-0.25, -0.2) is 0 Å². The van der Waals surface area contributed by atoms with E-state index < -0.39 is 0 Å². The monoisotopic (exact) mass is 364 g/mol. The Labute approximate surface area is 165 Å². The lowest BCUT2D eigenvalue weighted by Gasteiger charge is -2.50. The maximum Gasteiger partial charge on any atom is 0.0158 e. The van der Waals surface area contributed by atoms with Gasteiger partial charge in [0.15, 0.2) is 0 Å². The summed E-state index contributed by atoms with van der Waals surface area (Å²) >= 11 is 0.